The van der Waals surface area contributed by atoms with Gasteiger partial charge in [0.25, 0.3) is 0 Å². The summed E-state index contributed by atoms with van der Waals surface area (Å²) in [4.78, 5) is 11.4. The molecule has 0 unspecified atom stereocenters. The van der Waals surface area contributed by atoms with Gasteiger partial charge in [-0.1, -0.05) is 6.07 Å². The fourth-order valence-corrected chi connectivity index (χ4v) is 1.34. The lowest BCUT2D eigenvalue weighted by Crippen LogP contribution is -2.12. The summed E-state index contributed by atoms with van der Waals surface area (Å²) in [5.74, 6) is -1.27. The van der Waals surface area contributed by atoms with Crippen LogP contribution in [-0.4, -0.2) is 19.7 Å². The lowest BCUT2D eigenvalue weighted by Gasteiger charge is -2.12. The standard InChI is InChI=1S/C11H9F2NO3/c1-6-3-4-7(5-14)9(17-11(12)13)8(6)10(15)16-2/h3-4,11H,1-2H3. The van der Waals surface area contributed by atoms with Crippen LogP contribution in [0.3, 0.4) is 0 Å². The molecule has 4 nitrogen and oxygen atoms in total. The number of methoxy groups -OCH3 is 1. The van der Waals surface area contributed by atoms with Crippen LogP contribution in [0.25, 0.3) is 0 Å². The molecular formula is C11H9F2NO3. The molecule has 0 spiro atoms. The Morgan fingerprint density at radius 1 is 1.47 bits per heavy atom. The number of carbonyl (C=O) groups is 1. The third kappa shape index (κ3) is 2.69. The van der Waals surface area contributed by atoms with Crippen molar-refractivity contribution in [1.29, 1.82) is 5.26 Å². The van der Waals surface area contributed by atoms with E-state index < -0.39 is 18.3 Å². The van der Waals surface area contributed by atoms with Crippen LogP contribution in [0.5, 0.6) is 5.75 Å². The summed E-state index contributed by atoms with van der Waals surface area (Å²) in [5, 5.41) is 8.77. The van der Waals surface area contributed by atoms with Crippen LogP contribution in [-0.2, 0) is 4.74 Å². The second kappa shape index (κ2) is 5.25. The fourth-order valence-electron chi connectivity index (χ4n) is 1.34. The molecule has 0 amide bonds. The summed E-state index contributed by atoms with van der Waals surface area (Å²) in [6.45, 7) is -1.58. The Morgan fingerprint density at radius 3 is 2.59 bits per heavy atom. The molecule has 0 atom stereocenters. The van der Waals surface area contributed by atoms with E-state index in [1.165, 1.54) is 19.1 Å². The van der Waals surface area contributed by atoms with Crippen LogP contribution in [0.15, 0.2) is 12.1 Å². The highest BCUT2D eigenvalue weighted by atomic mass is 19.3. The molecule has 0 aliphatic carbocycles. The lowest BCUT2D eigenvalue weighted by atomic mass is 10.0. The van der Waals surface area contributed by atoms with E-state index in [-0.39, 0.29) is 11.1 Å². The Balaban J connectivity index is 3.43. The van der Waals surface area contributed by atoms with Gasteiger partial charge in [0.05, 0.1) is 12.7 Å². The second-order valence-corrected chi connectivity index (χ2v) is 3.12. The molecule has 1 aromatic carbocycles. The Kier molecular flexibility index (Phi) is 3.99. The first kappa shape index (κ1) is 12.9. The molecule has 90 valence electrons. The van der Waals surface area contributed by atoms with Gasteiger partial charge in [0.1, 0.15) is 11.6 Å². The molecular weight excluding hydrogens is 232 g/mol. The zero-order valence-corrected chi connectivity index (χ0v) is 9.16. The van der Waals surface area contributed by atoms with Gasteiger partial charge in [-0.05, 0) is 18.6 Å². The maximum Gasteiger partial charge on any atom is 0.387 e. The summed E-state index contributed by atoms with van der Waals surface area (Å²) in [6, 6.07) is 4.45. The SMILES string of the molecule is COC(=O)c1c(C)ccc(C#N)c1OC(F)F. The summed E-state index contributed by atoms with van der Waals surface area (Å²) in [7, 11) is 1.12. The molecule has 0 saturated heterocycles. The zero-order valence-electron chi connectivity index (χ0n) is 9.16. The van der Waals surface area contributed by atoms with Crippen LogP contribution in [0, 0.1) is 18.3 Å². The number of aryl methyl sites for hydroxylation is 1. The Hall–Kier alpha value is -2.16. The summed E-state index contributed by atoms with van der Waals surface area (Å²) in [6.07, 6.45) is 0. The Bertz CT molecular complexity index is 480. The predicted octanol–water partition coefficient (Wildman–Crippen LogP) is 2.25. The molecule has 0 heterocycles. The predicted molar refractivity (Wildman–Crippen MR) is 53.9 cm³/mol. The molecule has 0 fully saturated rings. The van der Waals surface area contributed by atoms with Gasteiger partial charge >= 0.3 is 12.6 Å². The molecule has 0 radical (unpaired) electrons. The van der Waals surface area contributed by atoms with Gasteiger partial charge in [-0.25, -0.2) is 4.79 Å². The molecule has 0 aliphatic rings. The molecule has 0 N–H and O–H groups in total. The van der Waals surface area contributed by atoms with E-state index in [4.69, 9.17) is 5.26 Å². The van der Waals surface area contributed by atoms with Crippen LogP contribution < -0.4 is 4.74 Å². The minimum Gasteiger partial charge on any atom is -0.465 e. The highest BCUT2D eigenvalue weighted by molar-refractivity contribution is 5.95. The number of hydrogen-bond acceptors (Lipinski definition) is 4. The van der Waals surface area contributed by atoms with E-state index in [0.29, 0.717) is 5.56 Å². The van der Waals surface area contributed by atoms with Crippen LogP contribution in [0.2, 0.25) is 0 Å². The smallest absolute Gasteiger partial charge is 0.387 e. The highest BCUT2D eigenvalue weighted by Crippen LogP contribution is 2.28. The zero-order chi connectivity index (χ0) is 13.0. The van der Waals surface area contributed by atoms with Crippen LogP contribution in [0.1, 0.15) is 21.5 Å². The maximum absolute atomic E-state index is 12.2. The summed E-state index contributed by atoms with van der Waals surface area (Å²) in [5.41, 5.74) is 0.0923. The van der Waals surface area contributed by atoms with Crippen molar-refractivity contribution in [2.24, 2.45) is 0 Å². The van der Waals surface area contributed by atoms with E-state index in [0.717, 1.165) is 7.11 Å². The monoisotopic (exact) mass is 241 g/mol. The third-order valence-electron chi connectivity index (χ3n) is 2.08. The van der Waals surface area contributed by atoms with Crippen LogP contribution >= 0.6 is 0 Å². The van der Waals surface area contributed by atoms with E-state index in [2.05, 4.69) is 9.47 Å². The van der Waals surface area contributed by atoms with Gasteiger partial charge in [-0.2, -0.15) is 14.0 Å². The number of halogens is 2. The van der Waals surface area contributed by atoms with Crippen molar-refractivity contribution >= 4 is 5.97 Å². The van der Waals surface area contributed by atoms with Gasteiger partial charge < -0.3 is 9.47 Å². The number of carbonyl (C=O) groups excluding carboxylic acids is 1. The molecule has 6 heteroatoms. The van der Waals surface area contributed by atoms with Crippen molar-refractivity contribution < 1.29 is 23.0 Å². The Labute approximate surface area is 96.4 Å². The number of ether oxygens (including phenoxy) is 2. The number of nitrogens with zero attached hydrogens (tertiary/aromatic N) is 1. The van der Waals surface area contributed by atoms with Crippen molar-refractivity contribution in [3.05, 3.63) is 28.8 Å². The average molecular weight is 241 g/mol. The molecule has 1 aromatic rings. The van der Waals surface area contributed by atoms with Crippen molar-refractivity contribution in [2.45, 2.75) is 13.5 Å². The van der Waals surface area contributed by atoms with Gasteiger partial charge in [0.15, 0.2) is 5.75 Å². The first-order valence-corrected chi connectivity index (χ1v) is 4.58. The van der Waals surface area contributed by atoms with Gasteiger partial charge in [-0.15, -0.1) is 0 Å². The topological polar surface area (TPSA) is 59.3 Å². The van der Waals surface area contributed by atoms with Crippen molar-refractivity contribution in [3.8, 4) is 11.8 Å². The van der Waals surface area contributed by atoms with E-state index >= 15 is 0 Å². The number of nitriles is 1. The number of alkyl halides is 2. The molecule has 0 saturated carbocycles. The highest BCUT2D eigenvalue weighted by Gasteiger charge is 2.22. The number of esters is 1. The third-order valence-corrected chi connectivity index (χ3v) is 2.08. The largest absolute Gasteiger partial charge is 0.465 e. The van der Waals surface area contributed by atoms with Crippen molar-refractivity contribution in [2.75, 3.05) is 7.11 Å². The van der Waals surface area contributed by atoms with Gasteiger partial charge in [-0.3, -0.25) is 0 Å². The van der Waals surface area contributed by atoms with E-state index in [1.807, 2.05) is 0 Å². The number of benzene rings is 1. The van der Waals surface area contributed by atoms with Crippen LogP contribution in [0.4, 0.5) is 8.78 Å². The summed E-state index contributed by atoms with van der Waals surface area (Å²) >= 11 is 0. The molecule has 0 bridgehead atoms. The second-order valence-electron chi connectivity index (χ2n) is 3.12. The van der Waals surface area contributed by atoms with Crippen molar-refractivity contribution in [3.63, 3.8) is 0 Å². The molecule has 0 aliphatic heterocycles. The number of hydrogen-bond donors (Lipinski definition) is 0. The molecule has 17 heavy (non-hydrogen) atoms. The normalized spacial score (nSPS) is 9.88. The first-order valence-electron chi connectivity index (χ1n) is 4.58. The van der Waals surface area contributed by atoms with Gasteiger partial charge in [0, 0.05) is 0 Å². The van der Waals surface area contributed by atoms with E-state index in [9.17, 15) is 13.6 Å². The maximum atomic E-state index is 12.2. The van der Waals surface area contributed by atoms with E-state index in [1.54, 1.807) is 6.07 Å². The summed E-state index contributed by atoms with van der Waals surface area (Å²) < 4.78 is 33.1. The minimum atomic E-state index is -3.12. The first-order chi connectivity index (χ1) is 8.01. The van der Waals surface area contributed by atoms with Gasteiger partial charge in [0.2, 0.25) is 0 Å². The molecule has 0 aromatic heterocycles. The minimum absolute atomic E-state index is 0.142. The average Bonchev–Trinajstić information content (AvgIpc) is 2.28. The lowest BCUT2D eigenvalue weighted by molar-refractivity contribution is -0.0506. The number of rotatable bonds is 3. The quantitative estimate of drug-likeness (QED) is 0.761. The Morgan fingerprint density at radius 2 is 2.12 bits per heavy atom. The fraction of sp³-hybridized carbons (Fsp3) is 0.273. The molecule has 1 rings (SSSR count). The van der Waals surface area contributed by atoms with Crippen molar-refractivity contribution in [1.82, 2.24) is 0 Å².